The van der Waals surface area contributed by atoms with Crippen molar-refractivity contribution in [1.82, 2.24) is 52.9 Å². The molecular formula is C110H101ClF9N15O11S3. The minimum Gasteiger partial charge on any atom is -0.361 e. The topological polar surface area (TPSA) is 306 Å². The zero-order valence-corrected chi connectivity index (χ0v) is 84.8. The zero-order chi connectivity index (χ0) is 106. The lowest BCUT2D eigenvalue weighted by molar-refractivity contribution is -0.384. The van der Waals surface area contributed by atoms with E-state index in [4.69, 9.17) is 31.1 Å². The van der Waals surface area contributed by atoms with E-state index in [2.05, 4.69) is 26.2 Å². The maximum Gasteiger partial charge on any atom is 0.416 e. The number of aromatic nitrogens is 7. The van der Waals surface area contributed by atoms with Gasteiger partial charge in [-0.25, -0.2) is 55.2 Å². The second-order valence-corrected chi connectivity index (χ2v) is 43.1. The average molecular weight is 2110 g/mol. The largest absolute Gasteiger partial charge is 0.416 e. The van der Waals surface area contributed by atoms with Crippen molar-refractivity contribution >= 4 is 87.4 Å². The van der Waals surface area contributed by atoms with Gasteiger partial charge in [-0.3, -0.25) is 24.6 Å². The van der Waals surface area contributed by atoms with E-state index in [9.17, 15) is 84.5 Å². The molecule has 1 spiro atoms. The van der Waals surface area contributed by atoms with Crippen LogP contribution in [0.25, 0.3) is 44.9 Å². The minimum absolute atomic E-state index is 0.0471. The number of fused-ring (bicyclic) bond motifs is 3. The summed E-state index contributed by atoms with van der Waals surface area (Å²) in [6, 6.07) is 74.8. The molecule has 4 fully saturated rings. The van der Waals surface area contributed by atoms with Crippen molar-refractivity contribution in [2.45, 2.75) is 125 Å². The molecule has 39 heteroatoms. The van der Waals surface area contributed by atoms with Gasteiger partial charge in [0.1, 0.15) is 28.2 Å². The molecule has 20 rings (SSSR count). The smallest absolute Gasteiger partial charge is 0.361 e. The molecule has 0 bridgehead atoms. The lowest BCUT2D eigenvalue weighted by Crippen LogP contribution is -2.49. The second-order valence-electron chi connectivity index (χ2n) is 36.9. The number of carbonyl (C=O) groups is 2. The molecule has 15 aromatic rings. The number of nitro groups is 1. The Hall–Kier alpha value is -14.5. The molecular weight excluding hydrogens is 2010 g/mol. The Morgan fingerprint density at radius 3 is 1.21 bits per heavy atom. The number of alkyl halides is 9. The van der Waals surface area contributed by atoms with E-state index in [0.717, 1.165) is 116 Å². The molecule has 4 aromatic heterocycles. The van der Waals surface area contributed by atoms with Crippen LogP contribution in [0.3, 0.4) is 0 Å². The van der Waals surface area contributed by atoms with Gasteiger partial charge in [0.05, 0.1) is 54.0 Å². The Labute approximate surface area is 860 Å². The average Bonchev–Trinajstić information content (AvgIpc) is 1.57. The number of halogens is 10. The molecule has 0 radical (unpaired) electrons. The van der Waals surface area contributed by atoms with Gasteiger partial charge < -0.3 is 19.2 Å². The summed E-state index contributed by atoms with van der Waals surface area (Å²) < 4.78 is 211. The molecule has 8 heterocycles. The summed E-state index contributed by atoms with van der Waals surface area (Å²) in [7, 11) is -11.5. The number of sulfonamides is 3. The highest BCUT2D eigenvalue weighted by Crippen LogP contribution is 2.49. The number of nitro benzene ring substituents is 1. The standard InChI is InChI=1S/C33H29F3N4O2S.C30H29F3N4O2S.C29H25ClF3N5O4S.C18H18N2O3/c1-23-29(21-24-9-3-2-4-10-24)32(38-31(37-23)26-13-7-14-27(22-26)33(34,35)36)39-17-19-40(20-18-39)43(41,42)30-16-8-12-25-11-5-6-15-28(25)30;1-21-11-13-26(14-12-21)40(38,39)37-17-15-36(16-18-37)29-27(19-23-7-4-3-5-8-23)22(2)34-28(35-29)24-9-6-10-25(20-24)30(31,32)33;1-19-24(16-20-6-3-2-4-7-20)28(35-27(34-19)21-8-5-9-22(17-21)29(31,32)33)36-12-14-37(15-13-36)43(41,42)23-10-11-25(30)26(18-23)38(39)40;1-11-14(12(2)23-19-11)10-20-16(21)9-18(17(20)22)8-7-13-5-3-4-6-15(13)18/h2-16,22H,17-21H2,1H3;3-14,20H,15-19H2,1-2H3;2-11,17-18H,12-16H2,1H3;3-6H,7-10H2,1-2H3. The van der Waals surface area contributed by atoms with E-state index in [1.54, 1.807) is 62.4 Å². The van der Waals surface area contributed by atoms with E-state index in [0.29, 0.717) is 91.1 Å². The van der Waals surface area contributed by atoms with Gasteiger partial charge in [0.25, 0.3) is 5.69 Å². The fourth-order valence-electron chi connectivity index (χ4n) is 19.2. The minimum atomic E-state index is -4.53. The number of anilines is 3. The van der Waals surface area contributed by atoms with Gasteiger partial charge in [0.15, 0.2) is 17.5 Å². The van der Waals surface area contributed by atoms with Crippen LogP contribution < -0.4 is 14.7 Å². The Bertz CT molecular complexity index is 7880. The lowest BCUT2D eigenvalue weighted by Gasteiger charge is -2.36. The van der Waals surface area contributed by atoms with Crippen molar-refractivity contribution in [3.8, 4) is 34.2 Å². The first-order chi connectivity index (χ1) is 71.0. The van der Waals surface area contributed by atoms with E-state index in [1.807, 2.05) is 182 Å². The number of rotatable bonds is 21. The van der Waals surface area contributed by atoms with Crippen molar-refractivity contribution in [2.24, 2.45) is 0 Å². The molecule has 1 unspecified atom stereocenters. The molecule has 4 aliphatic heterocycles. The monoisotopic (exact) mass is 2110 g/mol. The van der Waals surface area contributed by atoms with Crippen molar-refractivity contribution < 1.29 is 83.8 Å². The van der Waals surface area contributed by atoms with E-state index in [-0.39, 0.29) is 131 Å². The lowest BCUT2D eigenvalue weighted by atomic mass is 9.80. The molecule has 1 aliphatic carbocycles. The Morgan fingerprint density at radius 2 is 0.792 bits per heavy atom. The first-order valence-electron chi connectivity index (χ1n) is 47.9. The third-order valence-electron chi connectivity index (χ3n) is 27.2. The summed E-state index contributed by atoms with van der Waals surface area (Å²) in [5, 5.41) is 16.6. The second kappa shape index (κ2) is 43.7. The van der Waals surface area contributed by atoms with Crippen LogP contribution >= 0.6 is 11.6 Å². The van der Waals surface area contributed by atoms with E-state index in [1.165, 1.54) is 59.8 Å². The first-order valence-corrected chi connectivity index (χ1v) is 52.6. The molecule has 5 aliphatic rings. The number of aryl methyl sites for hydroxylation is 7. The van der Waals surface area contributed by atoms with Crippen molar-refractivity contribution in [1.29, 1.82) is 0 Å². The quantitative estimate of drug-likeness (QED) is 0.0279. The molecule has 0 saturated carbocycles. The van der Waals surface area contributed by atoms with Crippen molar-refractivity contribution in [3.05, 3.63) is 389 Å². The van der Waals surface area contributed by atoms with Gasteiger partial charge in [-0.1, -0.05) is 223 Å². The highest BCUT2D eigenvalue weighted by Gasteiger charge is 2.56. The number of likely N-dealkylation sites (tertiary alicyclic amines) is 1. The van der Waals surface area contributed by atoms with E-state index >= 15 is 0 Å². The SMILES string of the molecule is Cc1ccc(S(=O)(=O)N2CCN(c3nc(-c4cccc(C(F)(F)F)c4)nc(C)c3Cc3ccccc3)CC2)cc1.Cc1nc(-c2cccc(C(F)(F)F)c2)nc(N2CCN(S(=O)(=O)c3ccc(Cl)c([N+](=O)[O-])c3)CC2)c1Cc1ccccc1.Cc1nc(-c2cccc(C(F)(F)F)c2)nc(N2CCN(S(=O)(=O)c3cccc4ccccc34)CC2)c1Cc1ccccc1.Cc1noc(C)c1CN1C(=O)CC2(CCc3ccccc32)C1=O. The summed E-state index contributed by atoms with van der Waals surface area (Å²) in [4.78, 5) is 71.9. The fraction of sp³-hybridized carbons (Fsp3) is 0.264. The number of piperazine rings is 3. The third-order valence-corrected chi connectivity index (χ3v) is 33.3. The predicted molar refractivity (Wildman–Crippen MR) is 548 cm³/mol. The van der Waals surface area contributed by atoms with Crippen molar-refractivity contribution in [2.75, 3.05) is 93.2 Å². The molecule has 149 heavy (non-hydrogen) atoms. The molecule has 26 nitrogen and oxygen atoms in total. The highest BCUT2D eigenvalue weighted by atomic mass is 35.5. The van der Waals surface area contributed by atoms with Crippen LogP contribution in [0.2, 0.25) is 5.02 Å². The summed E-state index contributed by atoms with van der Waals surface area (Å²) in [6.45, 7) is 14.2. The van der Waals surface area contributed by atoms with Crippen LogP contribution in [0, 0.1) is 51.7 Å². The Morgan fingerprint density at radius 1 is 0.409 bits per heavy atom. The van der Waals surface area contributed by atoms with Crippen molar-refractivity contribution in [3.63, 3.8) is 0 Å². The Balaban J connectivity index is 0.000000138. The number of amides is 2. The number of benzene rings is 11. The third kappa shape index (κ3) is 23.3. The number of carbonyl (C=O) groups excluding carboxylic acids is 2. The van der Waals surface area contributed by atoms with Gasteiger partial charge in [-0.15, -0.1) is 0 Å². The Kier molecular flexibility index (Phi) is 31.0. The summed E-state index contributed by atoms with van der Waals surface area (Å²) >= 11 is 5.86. The number of nitrogens with zero attached hydrogens (tertiary/aromatic N) is 15. The van der Waals surface area contributed by atoms with Crippen LogP contribution in [0.1, 0.15) is 114 Å². The van der Waals surface area contributed by atoms with E-state index < -0.39 is 81.3 Å². The van der Waals surface area contributed by atoms with Crippen LogP contribution in [-0.2, 0) is 95.8 Å². The molecule has 770 valence electrons. The van der Waals surface area contributed by atoms with Gasteiger partial charge in [-0.05, 0) is 154 Å². The maximum atomic E-state index is 13.7. The van der Waals surface area contributed by atoms with Crippen LogP contribution in [-0.4, -0.2) is 173 Å². The fourth-order valence-corrected chi connectivity index (χ4v) is 23.8. The van der Waals surface area contributed by atoms with Gasteiger partial charge in [0.2, 0.25) is 41.9 Å². The van der Waals surface area contributed by atoms with Gasteiger partial charge in [0, 0.05) is 172 Å². The summed E-state index contributed by atoms with van der Waals surface area (Å²) in [5.74, 6) is 2.71. The van der Waals surface area contributed by atoms with Crippen LogP contribution in [0.4, 0.5) is 62.7 Å². The van der Waals surface area contributed by atoms with Gasteiger partial charge >= 0.3 is 18.5 Å². The zero-order valence-electron chi connectivity index (χ0n) is 81.6. The summed E-state index contributed by atoms with van der Waals surface area (Å²) in [6.07, 6.45) is -10.2. The molecule has 11 aromatic carbocycles. The molecule has 1 atom stereocenters. The maximum absolute atomic E-state index is 13.7. The number of hydrogen-bond acceptors (Lipinski definition) is 21. The van der Waals surface area contributed by atoms with Gasteiger partial charge in [-0.2, -0.15) is 52.4 Å². The highest BCUT2D eigenvalue weighted by molar-refractivity contribution is 7.89. The molecule has 2 amide bonds. The normalized spacial score (nSPS) is 16.0. The predicted octanol–water partition coefficient (Wildman–Crippen LogP) is 21.2. The number of hydrogen-bond donors (Lipinski definition) is 0. The number of imide groups is 1. The molecule has 0 N–H and O–H groups in total. The summed E-state index contributed by atoms with van der Waals surface area (Å²) in [5.41, 5.74) is 9.43. The first kappa shape index (κ1) is 106. The van der Waals surface area contributed by atoms with Crippen LogP contribution in [0.5, 0.6) is 0 Å². The van der Waals surface area contributed by atoms with Crippen LogP contribution in [0.15, 0.2) is 292 Å². The molecule has 4 saturated heterocycles.